The van der Waals surface area contributed by atoms with Crippen molar-refractivity contribution in [3.8, 4) is 11.1 Å². The Morgan fingerprint density at radius 1 is 1.00 bits per heavy atom. The molecular weight excluding hydrogens is 280 g/mol. The van der Waals surface area contributed by atoms with E-state index in [0.717, 1.165) is 29.7 Å². The molecule has 4 heteroatoms. The fraction of sp³-hybridized carbons (Fsp3) is 0.294. The van der Waals surface area contributed by atoms with Crippen molar-refractivity contribution in [2.24, 2.45) is 0 Å². The summed E-state index contributed by atoms with van der Waals surface area (Å²) in [6.07, 6.45) is -3.11. The minimum atomic E-state index is -4.60. The number of rotatable bonds is 3. The molecule has 1 radical (unpaired) electrons. The van der Waals surface area contributed by atoms with Crippen LogP contribution in [0.3, 0.4) is 0 Å². The molecule has 0 spiro atoms. The molecule has 0 saturated heterocycles. The average molecular weight is 295 g/mol. The molecule has 0 saturated carbocycles. The van der Waals surface area contributed by atoms with Gasteiger partial charge in [0.2, 0.25) is 0 Å². The zero-order chi connectivity index (χ0) is 15.6. The molecule has 0 aliphatic heterocycles. The number of hydrogen-bond donors (Lipinski definition) is 0. The predicted molar refractivity (Wildman–Crippen MR) is 74.4 cm³/mol. The summed E-state index contributed by atoms with van der Waals surface area (Å²) in [5, 5.41) is 0. The molecular formula is C17H15F4. The lowest BCUT2D eigenvalue weighted by molar-refractivity contribution is -0.137. The van der Waals surface area contributed by atoms with E-state index < -0.39 is 23.1 Å². The minimum Gasteiger partial charge on any atom is -0.206 e. The van der Waals surface area contributed by atoms with Crippen LogP contribution in [0.2, 0.25) is 0 Å². The van der Waals surface area contributed by atoms with Gasteiger partial charge in [-0.2, -0.15) is 13.2 Å². The van der Waals surface area contributed by atoms with Gasteiger partial charge in [0.15, 0.2) is 0 Å². The Hall–Kier alpha value is -1.84. The Morgan fingerprint density at radius 3 is 2.24 bits per heavy atom. The molecule has 2 aromatic rings. The highest BCUT2D eigenvalue weighted by Gasteiger charge is 2.35. The van der Waals surface area contributed by atoms with Crippen molar-refractivity contribution in [2.75, 3.05) is 0 Å². The van der Waals surface area contributed by atoms with Crippen LogP contribution in [-0.4, -0.2) is 0 Å². The third-order valence-corrected chi connectivity index (χ3v) is 3.51. The number of halogens is 4. The molecule has 0 aliphatic rings. The molecule has 0 N–H and O–H groups in total. The first-order valence-corrected chi connectivity index (χ1v) is 6.78. The van der Waals surface area contributed by atoms with Crippen molar-refractivity contribution in [3.63, 3.8) is 0 Å². The van der Waals surface area contributed by atoms with Gasteiger partial charge in [-0.05, 0) is 35.6 Å². The second kappa shape index (κ2) is 5.88. The van der Waals surface area contributed by atoms with Gasteiger partial charge in [0.25, 0.3) is 0 Å². The number of hydrogen-bond acceptors (Lipinski definition) is 0. The van der Waals surface area contributed by atoms with Gasteiger partial charge in [-0.15, -0.1) is 0 Å². The van der Waals surface area contributed by atoms with Gasteiger partial charge in [-0.25, -0.2) is 4.39 Å². The van der Waals surface area contributed by atoms with E-state index in [1.807, 2.05) is 13.8 Å². The second-order valence-corrected chi connectivity index (χ2v) is 4.77. The van der Waals surface area contributed by atoms with Crippen molar-refractivity contribution in [1.29, 1.82) is 0 Å². The predicted octanol–water partition coefficient (Wildman–Crippen LogP) is 5.44. The Kier molecular flexibility index (Phi) is 4.35. The second-order valence-electron chi connectivity index (χ2n) is 4.77. The Balaban J connectivity index is 2.67. The molecule has 0 bridgehead atoms. The van der Waals surface area contributed by atoms with E-state index in [2.05, 4.69) is 6.07 Å². The van der Waals surface area contributed by atoms with E-state index in [1.165, 1.54) is 0 Å². The van der Waals surface area contributed by atoms with E-state index in [4.69, 9.17) is 0 Å². The molecule has 0 aromatic heterocycles. The van der Waals surface area contributed by atoms with Crippen LogP contribution in [-0.2, 0) is 19.0 Å². The summed E-state index contributed by atoms with van der Waals surface area (Å²) < 4.78 is 53.1. The smallest absolute Gasteiger partial charge is 0.206 e. The summed E-state index contributed by atoms with van der Waals surface area (Å²) in [7, 11) is 0. The van der Waals surface area contributed by atoms with E-state index >= 15 is 0 Å². The fourth-order valence-corrected chi connectivity index (χ4v) is 2.45. The van der Waals surface area contributed by atoms with Gasteiger partial charge in [0.05, 0.1) is 5.56 Å². The first-order chi connectivity index (χ1) is 9.88. The average Bonchev–Trinajstić information content (AvgIpc) is 2.45. The standard InChI is InChI=1S/C17H15F4/c1-3-11-8-9-13(10-12(11)4-2)16-14(17(19,20)21)6-5-7-15(16)18/h5-6,8-10H,3-4H2,1-2H3. The maximum Gasteiger partial charge on any atom is 0.417 e. The van der Waals surface area contributed by atoms with Gasteiger partial charge in [0, 0.05) is 11.6 Å². The number of aryl methyl sites for hydroxylation is 2. The molecule has 111 valence electrons. The van der Waals surface area contributed by atoms with Crippen LogP contribution in [0.1, 0.15) is 30.5 Å². The molecule has 2 aromatic carbocycles. The third kappa shape index (κ3) is 3.09. The van der Waals surface area contributed by atoms with E-state index in [9.17, 15) is 17.6 Å². The lowest BCUT2D eigenvalue weighted by Crippen LogP contribution is -2.08. The van der Waals surface area contributed by atoms with Crippen LogP contribution in [0.4, 0.5) is 17.6 Å². The summed E-state index contributed by atoms with van der Waals surface area (Å²) in [6, 6.07) is 8.98. The minimum absolute atomic E-state index is 0.241. The van der Waals surface area contributed by atoms with Gasteiger partial charge >= 0.3 is 6.18 Å². The Labute approximate surface area is 121 Å². The largest absolute Gasteiger partial charge is 0.417 e. The maximum atomic E-state index is 13.9. The highest BCUT2D eigenvalue weighted by molar-refractivity contribution is 5.70. The summed E-state index contributed by atoms with van der Waals surface area (Å²) in [5.74, 6) is -0.976. The zero-order valence-electron chi connectivity index (χ0n) is 11.8. The highest BCUT2D eigenvalue weighted by Crippen LogP contribution is 2.38. The van der Waals surface area contributed by atoms with Crippen LogP contribution < -0.4 is 0 Å². The van der Waals surface area contributed by atoms with Crippen molar-refractivity contribution in [2.45, 2.75) is 32.9 Å². The zero-order valence-corrected chi connectivity index (χ0v) is 11.8. The van der Waals surface area contributed by atoms with Crippen LogP contribution in [0, 0.1) is 11.9 Å². The molecule has 0 nitrogen and oxygen atoms in total. The van der Waals surface area contributed by atoms with Gasteiger partial charge in [0.1, 0.15) is 5.82 Å². The Morgan fingerprint density at radius 2 is 1.67 bits per heavy atom. The summed E-state index contributed by atoms with van der Waals surface area (Å²) in [6.45, 7) is 3.91. The Bertz CT molecular complexity index is 642. The van der Waals surface area contributed by atoms with Crippen LogP contribution in [0.15, 0.2) is 30.3 Å². The summed E-state index contributed by atoms with van der Waals surface area (Å²) in [5.41, 5.74) is 0.847. The first kappa shape index (κ1) is 15.5. The molecule has 21 heavy (non-hydrogen) atoms. The first-order valence-electron chi connectivity index (χ1n) is 6.78. The van der Waals surface area contributed by atoms with Crippen LogP contribution in [0.25, 0.3) is 11.1 Å². The van der Waals surface area contributed by atoms with Gasteiger partial charge in [-0.1, -0.05) is 38.1 Å². The lowest BCUT2D eigenvalue weighted by atomic mass is 9.93. The monoisotopic (exact) mass is 295 g/mol. The van der Waals surface area contributed by atoms with E-state index in [0.29, 0.717) is 6.42 Å². The van der Waals surface area contributed by atoms with Crippen LogP contribution >= 0.6 is 0 Å². The molecule has 0 aliphatic carbocycles. The number of alkyl halides is 3. The van der Waals surface area contributed by atoms with Crippen LogP contribution in [0.5, 0.6) is 0 Å². The van der Waals surface area contributed by atoms with Gasteiger partial charge in [-0.3, -0.25) is 0 Å². The SMILES string of the molecule is CCc1ccc(-c2c(F)[c]ccc2C(F)(F)F)cc1CC. The summed E-state index contributed by atoms with van der Waals surface area (Å²) >= 11 is 0. The van der Waals surface area contributed by atoms with Gasteiger partial charge < -0.3 is 0 Å². The summed E-state index contributed by atoms with van der Waals surface area (Å²) in [4.78, 5) is 0. The fourth-order valence-electron chi connectivity index (χ4n) is 2.45. The van der Waals surface area contributed by atoms with Crippen molar-refractivity contribution >= 4 is 0 Å². The molecule has 0 amide bonds. The lowest BCUT2D eigenvalue weighted by Gasteiger charge is -2.15. The molecule has 0 heterocycles. The van der Waals surface area contributed by atoms with Crippen molar-refractivity contribution < 1.29 is 17.6 Å². The van der Waals surface area contributed by atoms with Crippen molar-refractivity contribution in [3.05, 3.63) is 58.9 Å². The van der Waals surface area contributed by atoms with Crippen molar-refractivity contribution in [1.82, 2.24) is 0 Å². The molecule has 2 rings (SSSR count). The normalized spacial score (nSPS) is 11.7. The molecule has 0 atom stereocenters. The topological polar surface area (TPSA) is 0 Å². The van der Waals surface area contributed by atoms with E-state index in [-0.39, 0.29) is 5.56 Å². The molecule has 0 fully saturated rings. The molecule has 0 unspecified atom stereocenters. The van der Waals surface area contributed by atoms with E-state index in [1.54, 1.807) is 18.2 Å². The highest BCUT2D eigenvalue weighted by atomic mass is 19.4. The quantitative estimate of drug-likeness (QED) is 0.662. The third-order valence-electron chi connectivity index (χ3n) is 3.51. The number of benzene rings is 2. The maximum absolute atomic E-state index is 13.9.